The number of hydrogen-bond acceptors (Lipinski definition) is 2. The van der Waals surface area contributed by atoms with E-state index in [2.05, 4.69) is 39.8 Å². The van der Waals surface area contributed by atoms with E-state index in [-0.39, 0.29) is 12.1 Å². The first-order valence-electron chi connectivity index (χ1n) is 8.83. The highest BCUT2D eigenvalue weighted by Crippen LogP contribution is 2.23. The summed E-state index contributed by atoms with van der Waals surface area (Å²) in [5.74, 6) is 0. The Labute approximate surface area is 154 Å². The van der Waals surface area contributed by atoms with E-state index >= 15 is 0 Å². The molecule has 1 unspecified atom stereocenters. The zero-order valence-corrected chi connectivity index (χ0v) is 15.5. The zero-order valence-electron chi connectivity index (χ0n) is 15.5. The molecule has 0 aliphatic heterocycles. The number of hydrogen-bond donors (Lipinski definition) is 2. The van der Waals surface area contributed by atoms with Crippen LogP contribution in [-0.4, -0.2) is 20.1 Å². The van der Waals surface area contributed by atoms with Gasteiger partial charge in [0.2, 0.25) is 0 Å². The molecule has 0 fully saturated rings. The molecule has 2 N–H and O–H groups in total. The van der Waals surface area contributed by atoms with Gasteiger partial charge in [-0.3, -0.25) is 0 Å². The van der Waals surface area contributed by atoms with E-state index in [4.69, 9.17) is 0 Å². The lowest BCUT2D eigenvalue weighted by Crippen LogP contribution is -2.36. The van der Waals surface area contributed by atoms with E-state index in [0.29, 0.717) is 6.54 Å². The second kappa shape index (κ2) is 7.91. The molecule has 0 saturated carbocycles. The molecule has 0 aromatic heterocycles. The molecule has 26 heavy (non-hydrogen) atoms. The third kappa shape index (κ3) is 4.14. The highest BCUT2D eigenvalue weighted by Gasteiger charge is 2.12. The number of anilines is 1. The van der Waals surface area contributed by atoms with Crippen LogP contribution in [0.4, 0.5) is 10.5 Å². The van der Waals surface area contributed by atoms with Gasteiger partial charge in [-0.2, -0.15) is 0 Å². The van der Waals surface area contributed by atoms with Gasteiger partial charge in [-0.05, 0) is 41.0 Å². The van der Waals surface area contributed by atoms with Gasteiger partial charge in [0.1, 0.15) is 0 Å². The van der Waals surface area contributed by atoms with Crippen LogP contribution in [0.25, 0.3) is 10.8 Å². The van der Waals surface area contributed by atoms with Crippen molar-refractivity contribution >= 4 is 22.5 Å². The summed E-state index contributed by atoms with van der Waals surface area (Å²) in [5.41, 5.74) is 3.33. The number of urea groups is 1. The number of fused-ring (bicyclic) bond motifs is 1. The van der Waals surface area contributed by atoms with Crippen LogP contribution in [0.5, 0.6) is 0 Å². The van der Waals surface area contributed by atoms with E-state index in [1.165, 1.54) is 10.8 Å². The molecule has 4 heteroatoms. The number of carbonyl (C=O) groups is 1. The summed E-state index contributed by atoms with van der Waals surface area (Å²) in [7, 11) is 4.02. The van der Waals surface area contributed by atoms with Gasteiger partial charge in [0.05, 0.1) is 6.04 Å². The molecular weight excluding hydrogens is 322 g/mol. The molecule has 0 aliphatic carbocycles. The van der Waals surface area contributed by atoms with Crippen molar-refractivity contribution in [3.63, 3.8) is 0 Å². The van der Waals surface area contributed by atoms with Crippen LogP contribution in [0.1, 0.15) is 24.1 Å². The average Bonchev–Trinajstić information content (AvgIpc) is 2.66. The lowest BCUT2D eigenvalue weighted by Gasteiger charge is -2.17. The summed E-state index contributed by atoms with van der Waals surface area (Å²) in [6.07, 6.45) is 0. The minimum Gasteiger partial charge on any atom is -0.378 e. The van der Waals surface area contributed by atoms with Gasteiger partial charge in [0.25, 0.3) is 0 Å². The Morgan fingerprint density at radius 3 is 2.38 bits per heavy atom. The van der Waals surface area contributed by atoms with Gasteiger partial charge >= 0.3 is 6.03 Å². The minimum absolute atomic E-state index is 0.0720. The van der Waals surface area contributed by atoms with Crippen LogP contribution in [0.3, 0.4) is 0 Å². The van der Waals surface area contributed by atoms with Gasteiger partial charge in [-0.15, -0.1) is 0 Å². The number of benzene rings is 3. The average molecular weight is 347 g/mol. The highest BCUT2D eigenvalue weighted by molar-refractivity contribution is 5.86. The van der Waals surface area contributed by atoms with Crippen LogP contribution in [0.15, 0.2) is 66.7 Å². The largest absolute Gasteiger partial charge is 0.378 e. The summed E-state index contributed by atoms with van der Waals surface area (Å²) < 4.78 is 0. The van der Waals surface area contributed by atoms with Crippen LogP contribution in [0, 0.1) is 0 Å². The van der Waals surface area contributed by atoms with Crippen LogP contribution < -0.4 is 15.5 Å². The van der Waals surface area contributed by atoms with Gasteiger partial charge in [-0.1, -0.05) is 54.6 Å². The van der Waals surface area contributed by atoms with E-state index in [9.17, 15) is 4.79 Å². The SMILES string of the molecule is CC(NC(=O)NCc1ccc(N(C)C)cc1)c1cccc2ccccc12. The molecule has 3 aromatic carbocycles. The maximum absolute atomic E-state index is 12.3. The number of nitrogens with one attached hydrogen (secondary N) is 2. The van der Waals surface area contributed by atoms with Gasteiger partial charge in [0, 0.05) is 26.3 Å². The number of amides is 2. The normalized spacial score (nSPS) is 11.8. The van der Waals surface area contributed by atoms with Crippen LogP contribution >= 0.6 is 0 Å². The number of carbonyl (C=O) groups excluding carboxylic acids is 1. The van der Waals surface area contributed by atoms with Crippen molar-refractivity contribution < 1.29 is 4.79 Å². The maximum Gasteiger partial charge on any atom is 0.315 e. The predicted molar refractivity (Wildman–Crippen MR) is 109 cm³/mol. The molecule has 0 heterocycles. The van der Waals surface area contributed by atoms with Crippen LogP contribution in [0.2, 0.25) is 0 Å². The smallest absolute Gasteiger partial charge is 0.315 e. The third-order valence-corrected chi connectivity index (χ3v) is 4.54. The van der Waals surface area contributed by atoms with Crippen molar-refractivity contribution in [1.29, 1.82) is 0 Å². The Balaban J connectivity index is 1.60. The second-order valence-corrected chi connectivity index (χ2v) is 6.68. The van der Waals surface area contributed by atoms with Crippen molar-refractivity contribution in [2.75, 3.05) is 19.0 Å². The maximum atomic E-state index is 12.3. The summed E-state index contributed by atoms with van der Waals surface area (Å²) in [5, 5.41) is 8.31. The first-order chi connectivity index (χ1) is 12.5. The molecule has 3 aromatic rings. The summed E-state index contributed by atoms with van der Waals surface area (Å²) in [6.45, 7) is 2.51. The molecule has 2 amide bonds. The zero-order chi connectivity index (χ0) is 18.5. The Bertz CT molecular complexity index is 882. The molecule has 0 bridgehead atoms. The summed E-state index contributed by atoms with van der Waals surface area (Å²) in [4.78, 5) is 14.3. The fourth-order valence-electron chi connectivity index (χ4n) is 3.05. The summed E-state index contributed by atoms with van der Waals surface area (Å²) in [6, 6.07) is 22.3. The standard InChI is InChI=1S/C22H25N3O/c1-16(20-10-6-8-18-7-4-5-9-21(18)20)24-22(26)23-15-17-11-13-19(14-12-17)25(2)3/h4-14,16H,15H2,1-3H3,(H2,23,24,26). The molecular formula is C22H25N3O. The Morgan fingerprint density at radius 1 is 0.962 bits per heavy atom. The summed E-state index contributed by atoms with van der Waals surface area (Å²) >= 11 is 0. The number of rotatable bonds is 5. The van der Waals surface area contributed by atoms with E-state index in [0.717, 1.165) is 16.8 Å². The molecule has 0 saturated heterocycles. The molecule has 4 nitrogen and oxygen atoms in total. The van der Waals surface area contributed by atoms with Gasteiger partial charge in [0.15, 0.2) is 0 Å². The third-order valence-electron chi connectivity index (χ3n) is 4.54. The predicted octanol–water partition coefficient (Wildman–Crippen LogP) is 4.47. The van der Waals surface area contributed by atoms with E-state index < -0.39 is 0 Å². The van der Waals surface area contributed by atoms with Crippen molar-refractivity contribution in [2.24, 2.45) is 0 Å². The minimum atomic E-state index is -0.165. The van der Waals surface area contributed by atoms with E-state index in [1.807, 2.05) is 63.5 Å². The molecule has 0 aliphatic rings. The highest BCUT2D eigenvalue weighted by atomic mass is 16.2. The fourth-order valence-corrected chi connectivity index (χ4v) is 3.05. The molecule has 0 radical (unpaired) electrons. The van der Waals surface area contributed by atoms with Gasteiger partial charge in [-0.25, -0.2) is 4.79 Å². The second-order valence-electron chi connectivity index (χ2n) is 6.68. The van der Waals surface area contributed by atoms with Gasteiger partial charge < -0.3 is 15.5 Å². The Kier molecular flexibility index (Phi) is 5.42. The lowest BCUT2D eigenvalue weighted by molar-refractivity contribution is 0.237. The van der Waals surface area contributed by atoms with E-state index in [1.54, 1.807) is 0 Å². The van der Waals surface area contributed by atoms with Crippen molar-refractivity contribution in [3.05, 3.63) is 77.9 Å². The van der Waals surface area contributed by atoms with Crippen molar-refractivity contribution in [1.82, 2.24) is 10.6 Å². The molecule has 134 valence electrons. The van der Waals surface area contributed by atoms with Crippen molar-refractivity contribution in [3.8, 4) is 0 Å². The van der Waals surface area contributed by atoms with Crippen molar-refractivity contribution in [2.45, 2.75) is 19.5 Å². The monoisotopic (exact) mass is 347 g/mol. The topological polar surface area (TPSA) is 44.4 Å². The molecule has 1 atom stereocenters. The molecule has 0 spiro atoms. The lowest BCUT2D eigenvalue weighted by atomic mass is 10.00. The quantitative estimate of drug-likeness (QED) is 0.715. The Morgan fingerprint density at radius 2 is 1.65 bits per heavy atom. The molecule has 3 rings (SSSR count). The van der Waals surface area contributed by atoms with Crippen LogP contribution in [-0.2, 0) is 6.54 Å². The number of nitrogens with zero attached hydrogens (tertiary/aromatic N) is 1. The fraction of sp³-hybridized carbons (Fsp3) is 0.227. The first kappa shape index (κ1) is 17.8. The first-order valence-corrected chi connectivity index (χ1v) is 8.83. The Hall–Kier alpha value is -3.01.